The summed E-state index contributed by atoms with van der Waals surface area (Å²) in [5.41, 5.74) is 1.07. The van der Waals surface area contributed by atoms with Crippen LogP contribution in [0.3, 0.4) is 0 Å². The number of hydrogen-bond donors (Lipinski definition) is 2. The van der Waals surface area contributed by atoms with E-state index in [4.69, 9.17) is 14.2 Å². The molecule has 0 fully saturated rings. The molecule has 0 amide bonds. The van der Waals surface area contributed by atoms with Gasteiger partial charge in [0, 0.05) is 18.2 Å². The maximum absolute atomic E-state index is 5.41. The fraction of sp³-hybridized carbons (Fsp3) is 0.625. The quantitative estimate of drug-likeness (QED) is 0.613. The van der Waals surface area contributed by atoms with Crippen LogP contribution in [0.25, 0.3) is 0 Å². The molecule has 1 aromatic rings. The van der Waals surface area contributed by atoms with Crippen molar-refractivity contribution in [1.82, 2.24) is 10.6 Å². The second-order valence-electron chi connectivity index (χ2n) is 4.80. The van der Waals surface area contributed by atoms with Crippen molar-refractivity contribution in [3.63, 3.8) is 0 Å². The van der Waals surface area contributed by atoms with Crippen LogP contribution in [-0.4, -0.2) is 41.0 Å². The number of methoxy groups -OCH3 is 3. The van der Waals surface area contributed by atoms with Crippen molar-refractivity contribution in [1.29, 1.82) is 0 Å². The predicted molar refractivity (Wildman–Crippen MR) is 85.6 cm³/mol. The van der Waals surface area contributed by atoms with Gasteiger partial charge in [0.25, 0.3) is 0 Å². The van der Waals surface area contributed by atoms with Gasteiger partial charge in [0.15, 0.2) is 11.5 Å². The van der Waals surface area contributed by atoms with Gasteiger partial charge in [-0.1, -0.05) is 6.92 Å². The Balaban J connectivity index is 2.49. The van der Waals surface area contributed by atoms with E-state index in [1.54, 1.807) is 21.3 Å². The topological polar surface area (TPSA) is 51.8 Å². The lowest BCUT2D eigenvalue weighted by molar-refractivity contribution is 0.347. The summed E-state index contributed by atoms with van der Waals surface area (Å²) in [5, 5.41) is 6.81. The van der Waals surface area contributed by atoms with E-state index in [0.29, 0.717) is 5.75 Å². The van der Waals surface area contributed by atoms with Crippen LogP contribution in [0.4, 0.5) is 0 Å². The van der Waals surface area contributed by atoms with Gasteiger partial charge >= 0.3 is 0 Å². The number of ether oxygens (including phenoxy) is 3. The van der Waals surface area contributed by atoms with Gasteiger partial charge in [-0.2, -0.15) is 0 Å². The molecule has 0 radical (unpaired) electrons. The standard InChI is InChI=1S/C16H28N2O3/c1-5-7-17-8-6-9-18-12-13-10-15(20-3)16(21-4)11-14(13)19-2/h10-11,17-18H,5-9,12H2,1-4H3. The molecule has 0 bridgehead atoms. The number of hydrogen-bond acceptors (Lipinski definition) is 5. The van der Waals surface area contributed by atoms with Crippen molar-refractivity contribution in [3.8, 4) is 17.2 Å². The Hall–Kier alpha value is -1.46. The van der Waals surface area contributed by atoms with Crippen molar-refractivity contribution in [3.05, 3.63) is 17.7 Å². The summed E-state index contributed by atoms with van der Waals surface area (Å²) in [5.74, 6) is 2.21. The smallest absolute Gasteiger partial charge is 0.164 e. The monoisotopic (exact) mass is 296 g/mol. The molecule has 120 valence electrons. The van der Waals surface area contributed by atoms with E-state index < -0.39 is 0 Å². The van der Waals surface area contributed by atoms with Gasteiger partial charge in [-0.15, -0.1) is 0 Å². The van der Waals surface area contributed by atoms with Crippen LogP contribution in [0.2, 0.25) is 0 Å². The normalized spacial score (nSPS) is 10.5. The van der Waals surface area contributed by atoms with Crippen molar-refractivity contribution in [2.45, 2.75) is 26.3 Å². The Morgan fingerprint density at radius 1 is 0.810 bits per heavy atom. The lowest BCUT2D eigenvalue weighted by Crippen LogP contribution is -2.22. The lowest BCUT2D eigenvalue weighted by Gasteiger charge is -2.14. The zero-order valence-electron chi connectivity index (χ0n) is 13.6. The van der Waals surface area contributed by atoms with Gasteiger partial charge in [-0.3, -0.25) is 0 Å². The van der Waals surface area contributed by atoms with Crippen LogP contribution >= 0.6 is 0 Å². The summed E-state index contributed by atoms with van der Waals surface area (Å²) in [6.45, 7) is 6.02. The fourth-order valence-corrected chi connectivity index (χ4v) is 2.09. The van der Waals surface area contributed by atoms with E-state index in [9.17, 15) is 0 Å². The summed E-state index contributed by atoms with van der Waals surface area (Å²) >= 11 is 0. The van der Waals surface area contributed by atoms with Crippen LogP contribution in [0.1, 0.15) is 25.3 Å². The van der Waals surface area contributed by atoms with Crippen molar-refractivity contribution >= 4 is 0 Å². The minimum atomic E-state index is 0.682. The van der Waals surface area contributed by atoms with E-state index in [1.807, 2.05) is 12.1 Å². The van der Waals surface area contributed by atoms with Crippen LogP contribution in [0.5, 0.6) is 17.2 Å². The highest BCUT2D eigenvalue weighted by Gasteiger charge is 2.11. The van der Waals surface area contributed by atoms with Crippen molar-refractivity contribution < 1.29 is 14.2 Å². The zero-order chi connectivity index (χ0) is 15.5. The molecular formula is C16H28N2O3. The molecule has 0 aromatic heterocycles. The Kier molecular flexibility index (Phi) is 8.62. The van der Waals surface area contributed by atoms with Gasteiger partial charge in [-0.25, -0.2) is 0 Å². The summed E-state index contributed by atoms with van der Waals surface area (Å²) in [4.78, 5) is 0. The lowest BCUT2D eigenvalue weighted by atomic mass is 10.1. The van der Waals surface area contributed by atoms with E-state index in [0.717, 1.165) is 49.7 Å². The van der Waals surface area contributed by atoms with Crippen LogP contribution in [0.15, 0.2) is 12.1 Å². The molecule has 0 heterocycles. The van der Waals surface area contributed by atoms with Crippen LogP contribution < -0.4 is 24.8 Å². The maximum atomic E-state index is 5.41. The molecule has 0 unspecified atom stereocenters. The molecule has 0 aliphatic rings. The largest absolute Gasteiger partial charge is 0.496 e. The van der Waals surface area contributed by atoms with Crippen molar-refractivity contribution in [2.24, 2.45) is 0 Å². The third-order valence-electron chi connectivity index (χ3n) is 3.24. The predicted octanol–water partition coefficient (Wildman–Crippen LogP) is 2.19. The third-order valence-corrected chi connectivity index (χ3v) is 3.24. The number of nitrogens with one attached hydrogen (secondary N) is 2. The Morgan fingerprint density at radius 2 is 1.43 bits per heavy atom. The molecule has 0 saturated heterocycles. The van der Waals surface area contributed by atoms with Gasteiger partial charge in [-0.05, 0) is 38.5 Å². The summed E-state index contributed by atoms with van der Waals surface area (Å²) < 4.78 is 16.0. The summed E-state index contributed by atoms with van der Waals surface area (Å²) in [6.07, 6.45) is 2.28. The second kappa shape index (κ2) is 10.3. The molecule has 5 nitrogen and oxygen atoms in total. The molecule has 1 aromatic carbocycles. The first-order valence-electron chi connectivity index (χ1n) is 7.47. The fourth-order valence-electron chi connectivity index (χ4n) is 2.09. The average Bonchev–Trinajstić information content (AvgIpc) is 2.53. The highest BCUT2D eigenvalue weighted by atomic mass is 16.5. The average molecular weight is 296 g/mol. The molecular weight excluding hydrogens is 268 g/mol. The minimum absolute atomic E-state index is 0.682. The summed E-state index contributed by atoms with van der Waals surface area (Å²) in [7, 11) is 4.93. The van der Waals surface area contributed by atoms with Gasteiger partial charge in [0.05, 0.1) is 21.3 Å². The molecule has 0 atom stereocenters. The first-order chi connectivity index (χ1) is 10.3. The van der Waals surface area contributed by atoms with E-state index >= 15 is 0 Å². The van der Waals surface area contributed by atoms with Crippen LogP contribution in [-0.2, 0) is 6.54 Å². The second-order valence-corrected chi connectivity index (χ2v) is 4.80. The number of benzene rings is 1. The molecule has 0 aliphatic heterocycles. The molecule has 0 spiro atoms. The minimum Gasteiger partial charge on any atom is -0.496 e. The highest BCUT2D eigenvalue weighted by molar-refractivity contribution is 5.50. The Morgan fingerprint density at radius 3 is 2.05 bits per heavy atom. The van der Waals surface area contributed by atoms with E-state index in [-0.39, 0.29) is 0 Å². The van der Waals surface area contributed by atoms with Gasteiger partial charge < -0.3 is 24.8 Å². The van der Waals surface area contributed by atoms with Gasteiger partial charge in [0.2, 0.25) is 0 Å². The maximum Gasteiger partial charge on any atom is 0.164 e. The van der Waals surface area contributed by atoms with Crippen LogP contribution in [0, 0.1) is 0 Å². The molecule has 1 rings (SSSR count). The Bertz CT molecular complexity index is 411. The van der Waals surface area contributed by atoms with Gasteiger partial charge in [0.1, 0.15) is 5.75 Å². The molecule has 2 N–H and O–H groups in total. The van der Waals surface area contributed by atoms with E-state index in [2.05, 4.69) is 17.6 Å². The molecule has 21 heavy (non-hydrogen) atoms. The van der Waals surface area contributed by atoms with Crippen molar-refractivity contribution in [2.75, 3.05) is 41.0 Å². The third kappa shape index (κ3) is 5.81. The number of rotatable bonds is 11. The molecule has 0 saturated carbocycles. The van der Waals surface area contributed by atoms with E-state index in [1.165, 1.54) is 6.42 Å². The first kappa shape index (κ1) is 17.6. The molecule has 0 aliphatic carbocycles. The SMILES string of the molecule is CCCNCCCNCc1cc(OC)c(OC)cc1OC. The molecule has 5 heteroatoms. The first-order valence-corrected chi connectivity index (χ1v) is 7.47. The zero-order valence-corrected chi connectivity index (χ0v) is 13.6. The highest BCUT2D eigenvalue weighted by Crippen LogP contribution is 2.34. The summed E-state index contributed by atoms with van der Waals surface area (Å²) in [6, 6.07) is 3.82. The Labute approximate surface area is 128 Å².